The van der Waals surface area contributed by atoms with Gasteiger partial charge in [0, 0.05) is 10.9 Å². The number of benzene rings is 1. The molecule has 0 amide bonds. The van der Waals surface area contributed by atoms with Crippen LogP contribution in [0.3, 0.4) is 0 Å². The lowest BCUT2D eigenvalue weighted by Crippen LogP contribution is -2.36. The van der Waals surface area contributed by atoms with Gasteiger partial charge < -0.3 is 5.73 Å². The smallest absolute Gasteiger partial charge is 0.105 e. The maximum atomic E-state index is 8.76. The average Bonchev–Trinajstić information content (AvgIpc) is 2.09. The zero-order valence-corrected chi connectivity index (χ0v) is 9.01. The van der Waals surface area contributed by atoms with Crippen molar-refractivity contribution in [2.45, 2.75) is 18.9 Å². The Kier molecular flexibility index (Phi) is 3.07. The normalized spacial score (nSPS) is 14.6. The first-order valence-electron chi connectivity index (χ1n) is 3.99. The van der Waals surface area contributed by atoms with Crippen molar-refractivity contribution in [1.29, 1.82) is 5.26 Å². The van der Waals surface area contributed by atoms with Gasteiger partial charge in [0.25, 0.3) is 0 Å². The predicted octanol–water partition coefficient (Wildman–Crippen LogP) is 2.23. The molecule has 2 N–H and O–H groups in total. The van der Waals surface area contributed by atoms with Crippen LogP contribution >= 0.6 is 15.9 Å². The third-order valence-electron chi connectivity index (χ3n) is 1.77. The van der Waals surface area contributed by atoms with E-state index in [1.165, 1.54) is 0 Å². The molecule has 1 aromatic carbocycles. The minimum Gasteiger partial charge on any atom is -0.313 e. The monoisotopic (exact) mass is 238 g/mol. The van der Waals surface area contributed by atoms with Crippen LogP contribution in [0.2, 0.25) is 0 Å². The number of nitrogens with zero attached hydrogens (tertiary/aromatic N) is 1. The maximum Gasteiger partial charge on any atom is 0.105 e. The summed E-state index contributed by atoms with van der Waals surface area (Å²) in [7, 11) is 0. The van der Waals surface area contributed by atoms with Crippen molar-refractivity contribution in [3.63, 3.8) is 0 Å². The molecule has 13 heavy (non-hydrogen) atoms. The minimum absolute atomic E-state index is 0.560. The second kappa shape index (κ2) is 3.91. The lowest BCUT2D eigenvalue weighted by atomic mass is 9.96. The average molecular weight is 239 g/mol. The molecule has 2 nitrogen and oxygen atoms in total. The molecule has 68 valence electrons. The number of nitriles is 1. The Balaban J connectivity index is 2.88. The van der Waals surface area contributed by atoms with Crippen molar-refractivity contribution in [3.05, 3.63) is 34.3 Å². The van der Waals surface area contributed by atoms with Crippen LogP contribution in [0, 0.1) is 11.3 Å². The van der Waals surface area contributed by atoms with Gasteiger partial charge in [-0.1, -0.05) is 34.1 Å². The summed E-state index contributed by atoms with van der Waals surface area (Å²) in [5.74, 6) is 0. The second-order valence-electron chi connectivity index (χ2n) is 3.30. The summed E-state index contributed by atoms with van der Waals surface area (Å²) in [6.45, 7) is 1.73. The first-order valence-corrected chi connectivity index (χ1v) is 4.78. The summed E-state index contributed by atoms with van der Waals surface area (Å²) in [5.41, 5.74) is 6.01. The van der Waals surface area contributed by atoms with Gasteiger partial charge in [-0.05, 0) is 18.6 Å². The Morgan fingerprint density at radius 1 is 1.54 bits per heavy atom. The van der Waals surface area contributed by atoms with E-state index in [4.69, 9.17) is 11.0 Å². The van der Waals surface area contributed by atoms with E-state index in [0.29, 0.717) is 6.42 Å². The van der Waals surface area contributed by atoms with Crippen LogP contribution in [0.4, 0.5) is 0 Å². The molecule has 1 aromatic rings. The molecule has 1 unspecified atom stereocenters. The molecular formula is C10H11BrN2. The molecule has 0 aliphatic carbocycles. The van der Waals surface area contributed by atoms with Gasteiger partial charge in [0.1, 0.15) is 5.54 Å². The van der Waals surface area contributed by atoms with Crippen LogP contribution in [-0.4, -0.2) is 5.54 Å². The van der Waals surface area contributed by atoms with Crippen molar-refractivity contribution >= 4 is 15.9 Å². The van der Waals surface area contributed by atoms with Gasteiger partial charge in [0.15, 0.2) is 0 Å². The highest BCUT2D eigenvalue weighted by molar-refractivity contribution is 9.10. The van der Waals surface area contributed by atoms with E-state index in [9.17, 15) is 0 Å². The van der Waals surface area contributed by atoms with Crippen LogP contribution in [-0.2, 0) is 6.42 Å². The Hall–Kier alpha value is -0.850. The molecule has 0 radical (unpaired) electrons. The molecule has 0 aromatic heterocycles. The molecule has 3 heteroatoms. The van der Waals surface area contributed by atoms with Gasteiger partial charge in [-0.25, -0.2) is 0 Å². The Labute approximate surface area is 86.5 Å². The van der Waals surface area contributed by atoms with Crippen LogP contribution in [0.5, 0.6) is 0 Å². The van der Waals surface area contributed by atoms with E-state index in [0.717, 1.165) is 10.0 Å². The number of hydrogen-bond acceptors (Lipinski definition) is 2. The van der Waals surface area contributed by atoms with Crippen molar-refractivity contribution in [2.75, 3.05) is 0 Å². The molecule has 1 rings (SSSR count). The van der Waals surface area contributed by atoms with E-state index < -0.39 is 5.54 Å². The predicted molar refractivity (Wildman–Crippen MR) is 56.1 cm³/mol. The van der Waals surface area contributed by atoms with Crippen LogP contribution in [0.15, 0.2) is 28.7 Å². The molecular weight excluding hydrogens is 228 g/mol. The zero-order chi connectivity index (χ0) is 9.90. The summed E-state index contributed by atoms with van der Waals surface area (Å²) in [4.78, 5) is 0. The van der Waals surface area contributed by atoms with Crippen LogP contribution in [0.25, 0.3) is 0 Å². The Bertz CT molecular complexity index is 339. The minimum atomic E-state index is -0.788. The van der Waals surface area contributed by atoms with Crippen molar-refractivity contribution in [1.82, 2.24) is 0 Å². The second-order valence-corrected chi connectivity index (χ2v) is 4.15. The third-order valence-corrected chi connectivity index (χ3v) is 2.54. The van der Waals surface area contributed by atoms with Crippen molar-refractivity contribution < 1.29 is 0 Å². The highest BCUT2D eigenvalue weighted by atomic mass is 79.9. The van der Waals surface area contributed by atoms with Gasteiger partial charge >= 0.3 is 0 Å². The van der Waals surface area contributed by atoms with E-state index >= 15 is 0 Å². The van der Waals surface area contributed by atoms with Crippen LogP contribution < -0.4 is 5.73 Å². The summed E-state index contributed by atoms with van der Waals surface area (Å²) in [5, 5.41) is 8.76. The number of nitrogens with two attached hydrogens (primary N) is 1. The summed E-state index contributed by atoms with van der Waals surface area (Å²) >= 11 is 3.41. The van der Waals surface area contributed by atoms with Gasteiger partial charge in [-0.3, -0.25) is 0 Å². The zero-order valence-electron chi connectivity index (χ0n) is 7.42. The maximum absolute atomic E-state index is 8.76. The fourth-order valence-corrected chi connectivity index (χ4v) is 1.50. The van der Waals surface area contributed by atoms with Gasteiger partial charge in [0.2, 0.25) is 0 Å². The Morgan fingerprint density at radius 2 is 2.15 bits per heavy atom. The molecule has 0 saturated heterocycles. The fourth-order valence-electron chi connectivity index (χ4n) is 1.08. The largest absolute Gasteiger partial charge is 0.313 e. The van der Waals surface area contributed by atoms with E-state index in [1.54, 1.807) is 6.92 Å². The topological polar surface area (TPSA) is 49.8 Å². The highest BCUT2D eigenvalue weighted by Gasteiger charge is 2.18. The van der Waals surface area contributed by atoms with Crippen molar-refractivity contribution in [2.24, 2.45) is 5.73 Å². The quantitative estimate of drug-likeness (QED) is 0.860. The van der Waals surface area contributed by atoms with Gasteiger partial charge in [-0.2, -0.15) is 5.26 Å². The highest BCUT2D eigenvalue weighted by Crippen LogP contribution is 2.19. The van der Waals surface area contributed by atoms with Crippen LogP contribution in [0.1, 0.15) is 12.5 Å². The molecule has 0 saturated carbocycles. The van der Waals surface area contributed by atoms with E-state index in [-0.39, 0.29) is 0 Å². The number of halogens is 1. The summed E-state index contributed by atoms with van der Waals surface area (Å²) in [6.07, 6.45) is 0.560. The van der Waals surface area contributed by atoms with E-state index in [2.05, 4.69) is 22.0 Å². The molecule has 0 heterocycles. The number of hydrogen-bond donors (Lipinski definition) is 1. The molecule has 1 atom stereocenters. The van der Waals surface area contributed by atoms with Crippen molar-refractivity contribution in [3.8, 4) is 6.07 Å². The number of rotatable bonds is 2. The lowest BCUT2D eigenvalue weighted by Gasteiger charge is -2.15. The Morgan fingerprint density at radius 3 is 2.69 bits per heavy atom. The standard InChI is InChI=1S/C10H11BrN2/c1-10(13,7-12)6-8-4-2-3-5-9(8)11/h2-5H,6,13H2,1H3. The van der Waals surface area contributed by atoms with Gasteiger partial charge in [0.05, 0.1) is 6.07 Å². The molecule has 0 aliphatic rings. The SMILES string of the molecule is CC(N)(C#N)Cc1ccccc1Br. The first-order chi connectivity index (χ1) is 6.05. The summed E-state index contributed by atoms with van der Waals surface area (Å²) in [6, 6.07) is 9.86. The molecule has 0 aliphatic heterocycles. The molecule has 0 spiro atoms. The fraction of sp³-hybridized carbons (Fsp3) is 0.300. The first kappa shape index (κ1) is 10.2. The molecule has 0 fully saturated rings. The third kappa shape index (κ3) is 2.83. The van der Waals surface area contributed by atoms with Gasteiger partial charge in [-0.15, -0.1) is 0 Å². The lowest BCUT2D eigenvalue weighted by molar-refractivity contribution is 0.595. The van der Waals surface area contributed by atoms with E-state index in [1.807, 2.05) is 24.3 Å². The molecule has 0 bridgehead atoms. The summed E-state index contributed by atoms with van der Waals surface area (Å²) < 4.78 is 1.00.